The predicted molar refractivity (Wildman–Crippen MR) is 146 cm³/mol. The van der Waals surface area contributed by atoms with E-state index in [0.717, 1.165) is 27.4 Å². The topological polar surface area (TPSA) is 67.2 Å². The Morgan fingerprint density at radius 2 is 1.74 bits per heavy atom. The molecule has 0 unspecified atom stereocenters. The number of nitrogens with one attached hydrogen (secondary N) is 2. The van der Waals surface area contributed by atoms with E-state index in [9.17, 15) is 4.79 Å². The van der Waals surface area contributed by atoms with Gasteiger partial charge in [0.1, 0.15) is 5.52 Å². The van der Waals surface area contributed by atoms with Crippen LogP contribution in [0, 0.1) is 0 Å². The van der Waals surface area contributed by atoms with Crippen LogP contribution in [-0.2, 0) is 0 Å². The molecule has 5 aromatic rings. The number of oxazole rings is 1. The zero-order chi connectivity index (χ0) is 24.5. The molecule has 0 bridgehead atoms. The Morgan fingerprint density at radius 3 is 2.57 bits per heavy atom. The van der Waals surface area contributed by atoms with E-state index in [1.54, 1.807) is 18.2 Å². The van der Waals surface area contributed by atoms with Crippen molar-refractivity contribution in [2.75, 3.05) is 5.32 Å². The van der Waals surface area contributed by atoms with Crippen LogP contribution in [0.2, 0.25) is 5.02 Å². The molecule has 0 aliphatic carbocycles. The smallest absolute Gasteiger partial charge is 0.258 e. The van der Waals surface area contributed by atoms with E-state index >= 15 is 0 Å². The molecule has 5 nitrogen and oxygen atoms in total. The van der Waals surface area contributed by atoms with E-state index in [-0.39, 0.29) is 11.0 Å². The van der Waals surface area contributed by atoms with Crippen molar-refractivity contribution in [3.63, 3.8) is 0 Å². The predicted octanol–water partition coefficient (Wildman–Crippen LogP) is 7.55. The van der Waals surface area contributed by atoms with Gasteiger partial charge in [-0.3, -0.25) is 10.1 Å². The standard InChI is InChI=1S/C28H22ClN3O2S/c1-16(2)17-12-13-25-24(15-17)31-27(34-25)18-6-3-7-19(14-18)30-28(35)32-26(33)22-10-4-9-21-20(22)8-5-11-23(21)29/h3-16H,1-2H3,(H2,30,32,33,35). The molecule has 0 fully saturated rings. The third kappa shape index (κ3) is 4.76. The summed E-state index contributed by atoms with van der Waals surface area (Å²) in [5.41, 5.74) is 4.77. The Morgan fingerprint density at radius 1 is 0.971 bits per heavy atom. The van der Waals surface area contributed by atoms with E-state index in [4.69, 9.17) is 28.2 Å². The van der Waals surface area contributed by atoms with Crippen LogP contribution in [0.25, 0.3) is 33.3 Å². The van der Waals surface area contributed by atoms with Crippen molar-refractivity contribution < 1.29 is 9.21 Å². The van der Waals surface area contributed by atoms with Gasteiger partial charge in [-0.2, -0.15) is 0 Å². The molecule has 7 heteroatoms. The molecule has 1 amide bonds. The summed E-state index contributed by atoms with van der Waals surface area (Å²) >= 11 is 11.7. The number of halogens is 1. The summed E-state index contributed by atoms with van der Waals surface area (Å²) in [7, 11) is 0. The normalized spacial score (nSPS) is 11.2. The molecule has 0 radical (unpaired) electrons. The fourth-order valence-electron chi connectivity index (χ4n) is 3.96. The van der Waals surface area contributed by atoms with E-state index < -0.39 is 0 Å². The van der Waals surface area contributed by atoms with Crippen LogP contribution in [-0.4, -0.2) is 16.0 Å². The highest BCUT2D eigenvalue weighted by molar-refractivity contribution is 7.80. The number of carbonyl (C=O) groups excluding carboxylic acids is 1. The number of anilines is 1. The molecule has 174 valence electrons. The molecule has 5 rings (SSSR count). The van der Waals surface area contributed by atoms with Gasteiger partial charge in [0.15, 0.2) is 10.7 Å². The molecule has 0 aliphatic rings. The van der Waals surface area contributed by atoms with Crippen molar-refractivity contribution in [2.45, 2.75) is 19.8 Å². The lowest BCUT2D eigenvalue weighted by Gasteiger charge is -2.12. The lowest BCUT2D eigenvalue weighted by atomic mass is 10.0. The van der Waals surface area contributed by atoms with Crippen molar-refractivity contribution in [3.05, 3.63) is 95.0 Å². The van der Waals surface area contributed by atoms with Gasteiger partial charge in [0, 0.05) is 27.2 Å². The number of fused-ring (bicyclic) bond motifs is 2. The van der Waals surface area contributed by atoms with Crippen LogP contribution in [0.1, 0.15) is 35.7 Å². The molecule has 35 heavy (non-hydrogen) atoms. The summed E-state index contributed by atoms with van der Waals surface area (Å²) in [6, 6.07) is 24.5. The average molecular weight is 500 g/mol. The van der Waals surface area contributed by atoms with Gasteiger partial charge in [-0.1, -0.05) is 61.8 Å². The van der Waals surface area contributed by atoms with Gasteiger partial charge >= 0.3 is 0 Å². The second-order valence-corrected chi connectivity index (χ2v) is 9.35. The van der Waals surface area contributed by atoms with Crippen LogP contribution in [0.4, 0.5) is 5.69 Å². The van der Waals surface area contributed by atoms with Crippen LogP contribution < -0.4 is 10.6 Å². The van der Waals surface area contributed by atoms with Crippen molar-refractivity contribution in [1.82, 2.24) is 10.3 Å². The minimum Gasteiger partial charge on any atom is -0.436 e. The molecule has 0 aliphatic heterocycles. The molecule has 1 heterocycles. The third-order valence-electron chi connectivity index (χ3n) is 5.79. The number of hydrogen-bond donors (Lipinski definition) is 2. The van der Waals surface area contributed by atoms with Gasteiger partial charge in [-0.05, 0) is 71.6 Å². The third-order valence-corrected chi connectivity index (χ3v) is 6.32. The number of carbonyl (C=O) groups is 1. The first-order chi connectivity index (χ1) is 16.9. The van der Waals surface area contributed by atoms with Gasteiger partial charge in [-0.25, -0.2) is 4.98 Å². The Balaban J connectivity index is 1.34. The number of thiocarbonyl (C=S) groups is 1. The Bertz CT molecular complexity index is 1590. The zero-order valence-electron chi connectivity index (χ0n) is 19.1. The quantitative estimate of drug-likeness (QED) is 0.250. The maximum atomic E-state index is 12.9. The minimum atomic E-state index is -0.313. The first-order valence-corrected chi connectivity index (χ1v) is 12.0. The van der Waals surface area contributed by atoms with Crippen LogP contribution >= 0.6 is 23.8 Å². The highest BCUT2D eigenvalue weighted by Gasteiger charge is 2.14. The number of benzene rings is 4. The lowest BCUT2D eigenvalue weighted by Crippen LogP contribution is -2.34. The Labute approximate surface area is 213 Å². The lowest BCUT2D eigenvalue weighted by molar-refractivity contribution is 0.0979. The highest BCUT2D eigenvalue weighted by Crippen LogP contribution is 2.29. The molecule has 2 N–H and O–H groups in total. The maximum Gasteiger partial charge on any atom is 0.258 e. The summed E-state index contributed by atoms with van der Waals surface area (Å²) < 4.78 is 5.97. The molecule has 4 aromatic carbocycles. The Hall–Kier alpha value is -3.74. The van der Waals surface area contributed by atoms with Gasteiger partial charge in [0.05, 0.1) is 0 Å². The van der Waals surface area contributed by atoms with Crippen molar-refractivity contribution in [3.8, 4) is 11.5 Å². The van der Waals surface area contributed by atoms with Crippen molar-refractivity contribution in [2.24, 2.45) is 0 Å². The molecule has 0 saturated carbocycles. The largest absolute Gasteiger partial charge is 0.436 e. The Kier molecular flexibility index (Phi) is 6.24. The summed E-state index contributed by atoms with van der Waals surface area (Å²) in [4.78, 5) is 17.6. The van der Waals surface area contributed by atoms with Gasteiger partial charge in [0.25, 0.3) is 5.91 Å². The van der Waals surface area contributed by atoms with E-state index in [1.165, 1.54) is 5.56 Å². The van der Waals surface area contributed by atoms with E-state index in [1.807, 2.05) is 48.5 Å². The number of hydrogen-bond acceptors (Lipinski definition) is 4. The first kappa shape index (κ1) is 23.0. The molecule has 0 saturated heterocycles. The molecule has 0 spiro atoms. The summed E-state index contributed by atoms with van der Waals surface area (Å²) in [6.45, 7) is 4.29. The fraction of sp³-hybridized carbons (Fsp3) is 0.107. The van der Waals surface area contributed by atoms with Crippen LogP contribution in [0.15, 0.2) is 83.3 Å². The fourth-order valence-corrected chi connectivity index (χ4v) is 4.41. The van der Waals surface area contributed by atoms with Gasteiger partial charge in [0.2, 0.25) is 5.89 Å². The van der Waals surface area contributed by atoms with Crippen molar-refractivity contribution >= 4 is 62.4 Å². The second kappa shape index (κ2) is 9.49. The van der Waals surface area contributed by atoms with Gasteiger partial charge in [-0.15, -0.1) is 0 Å². The molecule has 1 aromatic heterocycles. The molecular weight excluding hydrogens is 478 g/mol. The molecular formula is C28H22ClN3O2S. The highest BCUT2D eigenvalue weighted by atomic mass is 35.5. The first-order valence-electron chi connectivity index (χ1n) is 11.2. The van der Waals surface area contributed by atoms with Crippen LogP contribution in [0.5, 0.6) is 0 Å². The van der Waals surface area contributed by atoms with Gasteiger partial charge < -0.3 is 9.73 Å². The van der Waals surface area contributed by atoms with E-state index in [2.05, 4.69) is 41.6 Å². The SMILES string of the molecule is CC(C)c1ccc2oc(-c3cccc(NC(=S)NC(=O)c4cccc5c(Cl)cccc45)c3)nc2c1. The summed E-state index contributed by atoms with van der Waals surface area (Å²) in [5.74, 6) is 0.618. The zero-order valence-corrected chi connectivity index (χ0v) is 20.7. The van der Waals surface area contributed by atoms with Crippen molar-refractivity contribution in [1.29, 1.82) is 0 Å². The van der Waals surface area contributed by atoms with Crippen LogP contribution in [0.3, 0.4) is 0 Å². The second-order valence-electron chi connectivity index (χ2n) is 8.53. The number of aromatic nitrogens is 1. The van der Waals surface area contributed by atoms with E-state index in [0.29, 0.717) is 28.1 Å². The molecule has 0 atom stereocenters. The average Bonchev–Trinajstić information content (AvgIpc) is 3.27. The number of nitrogens with zero attached hydrogens (tertiary/aromatic N) is 1. The minimum absolute atomic E-state index is 0.185. The summed E-state index contributed by atoms with van der Waals surface area (Å²) in [6.07, 6.45) is 0. The monoisotopic (exact) mass is 499 g/mol. The summed E-state index contributed by atoms with van der Waals surface area (Å²) in [5, 5.41) is 8.18. The number of amides is 1. The number of rotatable bonds is 4. The maximum absolute atomic E-state index is 12.9.